The highest BCUT2D eigenvalue weighted by atomic mass is 16.3. The second-order valence-corrected chi connectivity index (χ2v) is 10.7. The van der Waals surface area contributed by atoms with Crippen molar-refractivity contribution < 1.29 is 4.42 Å². The number of nitriles is 1. The summed E-state index contributed by atoms with van der Waals surface area (Å²) in [5.74, 6) is 0. The first-order valence-electron chi connectivity index (χ1n) is 14.0. The fraction of sp³-hybridized carbons (Fsp3) is 0. The maximum Gasteiger partial charge on any atom is 0.189 e. The highest BCUT2D eigenvalue weighted by molar-refractivity contribution is 6.12. The molecule has 2 heterocycles. The molecule has 5 nitrogen and oxygen atoms in total. The van der Waals surface area contributed by atoms with Gasteiger partial charge in [-0.25, -0.2) is 9.69 Å². The number of para-hydroxylation sites is 1. The van der Waals surface area contributed by atoms with Crippen molar-refractivity contribution in [2.24, 2.45) is 0 Å². The van der Waals surface area contributed by atoms with Crippen LogP contribution in [0.3, 0.4) is 0 Å². The smallest absolute Gasteiger partial charge is 0.189 e. The largest absolute Gasteiger partial charge is 0.455 e. The number of hydrogen-bond acceptors (Lipinski definition) is 2. The van der Waals surface area contributed by atoms with Gasteiger partial charge in [0, 0.05) is 27.4 Å². The van der Waals surface area contributed by atoms with Gasteiger partial charge < -0.3 is 8.98 Å². The lowest BCUT2D eigenvalue weighted by molar-refractivity contribution is 0.670. The van der Waals surface area contributed by atoms with Crippen molar-refractivity contribution in [3.8, 4) is 34.0 Å². The number of rotatable bonds is 3. The second-order valence-electron chi connectivity index (χ2n) is 10.7. The highest BCUT2D eigenvalue weighted by Gasteiger charge is 2.17. The molecular weight excluding hydrogens is 540 g/mol. The molecule has 8 rings (SSSR count). The van der Waals surface area contributed by atoms with Crippen molar-refractivity contribution in [2.45, 2.75) is 0 Å². The van der Waals surface area contributed by atoms with Crippen LogP contribution in [0.15, 0.2) is 126 Å². The van der Waals surface area contributed by atoms with E-state index in [2.05, 4.69) is 62.8 Å². The van der Waals surface area contributed by atoms with Gasteiger partial charge in [0.1, 0.15) is 11.2 Å². The molecule has 8 aromatic rings. The zero-order valence-electron chi connectivity index (χ0n) is 23.2. The zero-order valence-corrected chi connectivity index (χ0v) is 23.2. The van der Waals surface area contributed by atoms with Gasteiger partial charge in [-0.3, -0.25) is 0 Å². The summed E-state index contributed by atoms with van der Waals surface area (Å²) in [6.07, 6.45) is 0. The normalized spacial score (nSPS) is 11.1. The van der Waals surface area contributed by atoms with Crippen LogP contribution in [0.5, 0.6) is 0 Å². The van der Waals surface area contributed by atoms with Crippen molar-refractivity contribution >= 4 is 55.1 Å². The predicted molar refractivity (Wildman–Crippen MR) is 176 cm³/mol. The molecular formula is C39H20N4O. The van der Waals surface area contributed by atoms with E-state index in [1.165, 1.54) is 0 Å². The Labute approximate surface area is 252 Å². The van der Waals surface area contributed by atoms with Gasteiger partial charge in [0.05, 0.1) is 35.8 Å². The van der Waals surface area contributed by atoms with Crippen LogP contribution < -0.4 is 0 Å². The van der Waals surface area contributed by atoms with E-state index in [0.29, 0.717) is 16.9 Å². The summed E-state index contributed by atoms with van der Waals surface area (Å²) >= 11 is 0. The number of benzene rings is 6. The lowest BCUT2D eigenvalue weighted by atomic mass is 9.99. The standard InChI is InChI=1S/C39H20N4O/c1-41-28-13-15-37-34(22-28)33-17-24(23-40)11-14-36(33)43(37)30-19-27(18-29(21-30)42-2)26-12-16-38-35(20-26)32-10-6-9-31(39(32)44-38)25-7-4-3-5-8-25/h3-22H. The molecule has 0 bridgehead atoms. The van der Waals surface area contributed by atoms with E-state index in [4.69, 9.17) is 17.6 Å². The molecule has 0 amide bonds. The fourth-order valence-corrected chi connectivity index (χ4v) is 6.21. The minimum absolute atomic E-state index is 0.516. The third kappa shape index (κ3) is 3.84. The Morgan fingerprint density at radius 3 is 2.18 bits per heavy atom. The predicted octanol–water partition coefficient (Wildman–Crippen LogP) is 11.0. The third-order valence-electron chi connectivity index (χ3n) is 8.21. The molecule has 0 fully saturated rings. The zero-order chi connectivity index (χ0) is 29.8. The van der Waals surface area contributed by atoms with E-state index in [-0.39, 0.29) is 0 Å². The number of aromatic nitrogens is 1. The lowest BCUT2D eigenvalue weighted by Gasteiger charge is -2.12. The second kappa shape index (κ2) is 9.74. The molecule has 0 atom stereocenters. The van der Waals surface area contributed by atoms with E-state index >= 15 is 0 Å². The first kappa shape index (κ1) is 25.1. The average Bonchev–Trinajstić information content (AvgIpc) is 3.62. The molecule has 0 radical (unpaired) electrons. The van der Waals surface area contributed by atoms with Crippen LogP contribution in [-0.2, 0) is 0 Å². The van der Waals surface area contributed by atoms with Gasteiger partial charge in [-0.05, 0) is 82.7 Å². The Morgan fingerprint density at radius 1 is 0.591 bits per heavy atom. The van der Waals surface area contributed by atoms with Crippen molar-refractivity contribution in [1.82, 2.24) is 4.57 Å². The van der Waals surface area contributed by atoms with Crippen molar-refractivity contribution in [3.63, 3.8) is 0 Å². The summed E-state index contributed by atoms with van der Waals surface area (Å²) < 4.78 is 8.50. The van der Waals surface area contributed by atoms with Gasteiger partial charge in [0.2, 0.25) is 0 Å². The summed E-state index contributed by atoms with van der Waals surface area (Å²) in [4.78, 5) is 7.45. The van der Waals surface area contributed by atoms with Crippen LogP contribution in [0.1, 0.15) is 5.56 Å². The SMILES string of the molecule is [C-]#[N+]c1cc(-c2ccc3oc4c(-c5ccccc5)cccc4c3c2)cc(-n2c3ccc(C#N)cc3c3cc([N+]#[C-])ccc32)c1. The number of hydrogen-bond donors (Lipinski definition) is 0. The first-order valence-corrected chi connectivity index (χ1v) is 14.0. The summed E-state index contributed by atoms with van der Waals surface area (Å²) in [5.41, 5.74) is 9.92. The van der Waals surface area contributed by atoms with E-state index < -0.39 is 0 Å². The molecule has 0 spiro atoms. The Morgan fingerprint density at radius 2 is 1.39 bits per heavy atom. The Balaban J connectivity index is 1.34. The number of furan rings is 1. The van der Waals surface area contributed by atoms with Crippen LogP contribution in [-0.4, -0.2) is 4.57 Å². The van der Waals surface area contributed by atoms with E-state index in [0.717, 1.165) is 71.7 Å². The summed E-state index contributed by atoms with van der Waals surface area (Å²) in [5, 5.41) is 13.4. The van der Waals surface area contributed by atoms with Gasteiger partial charge >= 0.3 is 0 Å². The van der Waals surface area contributed by atoms with Crippen molar-refractivity contribution in [2.75, 3.05) is 0 Å². The minimum Gasteiger partial charge on any atom is -0.455 e. The molecule has 0 unspecified atom stereocenters. The number of fused-ring (bicyclic) bond motifs is 6. The minimum atomic E-state index is 0.516. The number of nitrogens with zero attached hydrogens (tertiary/aromatic N) is 4. The molecule has 44 heavy (non-hydrogen) atoms. The van der Waals surface area contributed by atoms with Crippen molar-refractivity contribution in [1.29, 1.82) is 5.26 Å². The van der Waals surface area contributed by atoms with Gasteiger partial charge in [0.15, 0.2) is 11.4 Å². The maximum absolute atomic E-state index is 9.58. The fourth-order valence-electron chi connectivity index (χ4n) is 6.21. The molecule has 5 heteroatoms. The summed E-state index contributed by atoms with van der Waals surface area (Å²) in [7, 11) is 0. The average molecular weight is 561 g/mol. The molecule has 0 saturated carbocycles. The third-order valence-corrected chi connectivity index (χ3v) is 8.21. The molecule has 6 aromatic carbocycles. The monoisotopic (exact) mass is 560 g/mol. The van der Waals surface area contributed by atoms with Gasteiger partial charge in [-0.2, -0.15) is 5.26 Å². The highest BCUT2D eigenvalue weighted by Crippen LogP contribution is 2.40. The van der Waals surface area contributed by atoms with Crippen molar-refractivity contribution in [3.05, 3.63) is 150 Å². The van der Waals surface area contributed by atoms with E-state index in [1.54, 1.807) is 12.1 Å². The van der Waals surface area contributed by atoms with Gasteiger partial charge in [-0.1, -0.05) is 60.7 Å². The molecule has 0 aliphatic heterocycles. The van der Waals surface area contributed by atoms with Gasteiger partial charge in [-0.15, -0.1) is 0 Å². The first-order chi connectivity index (χ1) is 21.6. The van der Waals surface area contributed by atoms with Gasteiger partial charge in [0.25, 0.3) is 0 Å². The molecule has 0 N–H and O–H groups in total. The molecule has 202 valence electrons. The summed E-state index contributed by atoms with van der Waals surface area (Å²) in [6, 6.07) is 42.0. The summed E-state index contributed by atoms with van der Waals surface area (Å²) in [6.45, 7) is 15.4. The molecule has 0 saturated heterocycles. The van der Waals surface area contributed by atoms with E-state index in [9.17, 15) is 5.26 Å². The Kier molecular flexibility index (Phi) is 5.56. The topological polar surface area (TPSA) is 50.6 Å². The Hall–Kier alpha value is -6.61. The van der Waals surface area contributed by atoms with E-state index in [1.807, 2.05) is 66.7 Å². The molecule has 2 aromatic heterocycles. The van der Waals surface area contributed by atoms with Crippen LogP contribution in [0, 0.1) is 24.5 Å². The van der Waals surface area contributed by atoms with Crippen LogP contribution >= 0.6 is 0 Å². The molecule has 0 aliphatic carbocycles. The quantitative estimate of drug-likeness (QED) is 0.202. The van der Waals surface area contributed by atoms with Crippen LogP contribution in [0.25, 0.3) is 81.4 Å². The Bertz CT molecular complexity index is 2510. The molecule has 0 aliphatic rings. The van der Waals surface area contributed by atoms with Crippen LogP contribution in [0.2, 0.25) is 0 Å². The maximum atomic E-state index is 9.58. The van der Waals surface area contributed by atoms with Crippen LogP contribution in [0.4, 0.5) is 11.4 Å². The lowest BCUT2D eigenvalue weighted by Crippen LogP contribution is -1.94.